The molecule has 1 fully saturated rings. The molecular formula is C22H26ClFN2O4S. The van der Waals surface area contributed by atoms with Gasteiger partial charge in [0.15, 0.2) is 0 Å². The van der Waals surface area contributed by atoms with Crippen LogP contribution in [0, 0.1) is 5.92 Å². The Balaban J connectivity index is 1.37. The molecule has 0 aromatic heterocycles. The number of ether oxygens (including phenoxy) is 2. The first kappa shape index (κ1) is 23.8. The Bertz CT molecular complexity index is 846. The average Bonchev–Trinajstić information content (AvgIpc) is 2.79. The smallest absolute Gasteiger partial charge is 0.337 e. The zero-order valence-corrected chi connectivity index (χ0v) is 18.9. The van der Waals surface area contributed by atoms with Gasteiger partial charge in [0.2, 0.25) is 5.91 Å². The quantitative estimate of drug-likeness (QED) is 0.466. The number of hydrogen-bond acceptors (Lipinski definition) is 6. The van der Waals surface area contributed by atoms with Gasteiger partial charge >= 0.3 is 5.97 Å². The number of esters is 1. The van der Waals surface area contributed by atoms with Crippen LogP contribution in [0.4, 0.5) is 4.39 Å². The third-order valence-electron chi connectivity index (χ3n) is 5.10. The lowest BCUT2D eigenvalue weighted by Crippen LogP contribution is -2.48. The summed E-state index contributed by atoms with van der Waals surface area (Å²) in [5.41, 5.74) is 0.474. The molecule has 31 heavy (non-hydrogen) atoms. The number of thioether (sulfide) groups is 1. The molecule has 6 nitrogen and oxygen atoms in total. The van der Waals surface area contributed by atoms with E-state index in [0.717, 1.165) is 18.0 Å². The second-order valence-electron chi connectivity index (χ2n) is 7.42. The number of allylic oxidation sites excluding steroid dienone is 3. The van der Waals surface area contributed by atoms with E-state index in [1.807, 2.05) is 0 Å². The Kier molecular flexibility index (Phi) is 8.95. The predicted molar refractivity (Wildman–Crippen MR) is 119 cm³/mol. The van der Waals surface area contributed by atoms with Crippen molar-refractivity contribution in [3.63, 3.8) is 0 Å². The molecule has 1 aliphatic carbocycles. The molecular weight excluding hydrogens is 443 g/mol. The third kappa shape index (κ3) is 7.35. The predicted octanol–water partition coefficient (Wildman–Crippen LogP) is 3.38. The van der Waals surface area contributed by atoms with E-state index in [2.05, 4.69) is 15.0 Å². The third-order valence-corrected chi connectivity index (χ3v) is 6.42. The van der Waals surface area contributed by atoms with Crippen LogP contribution in [0.5, 0.6) is 0 Å². The average molecular weight is 469 g/mol. The summed E-state index contributed by atoms with van der Waals surface area (Å²) in [6, 6.07) is 6.93. The molecule has 0 spiro atoms. The van der Waals surface area contributed by atoms with E-state index in [0.29, 0.717) is 31.7 Å². The van der Waals surface area contributed by atoms with Crippen LogP contribution in [0.1, 0.15) is 16.8 Å². The highest BCUT2D eigenvalue weighted by atomic mass is 35.5. The summed E-state index contributed by atoms with van der Waals surface area (Å²) < 4.78 is 23.8. The number of amides is 1. The first-order valence-corrected chi connectivity index (χ1v) is 11.5. The molecule has 168 valence electrons. The first-order chi connectivity index (χ1) is 14.9. The van der Waals surface area contributed by atoms with Gasteiger partial charge in [-0.1, -0.05) is 17.7 Å². The standard InChI is InChI=1S/C22H26ClFN2O4S/c1-29-22(28)16-3-5-18(6-4-16)31-14-21(27)25-11-17-13-26(8-9-30-17)12-15-2-7-20(24)19(23)10-15/h3-7,10,15,17H,2,8-9,11-14H2,1H3,(H,25,27)/t15?,17-/m0/s1. The van der Waals surface area contributed by atoms with Crippen LogP contribution >= 0.6 is 23.4 Å². The van der Waals surface area contributed by atoms with Gasteiger partial charge in [-0.05, 0) is 42.7 Å². The number of carbonyl (C=O) groups excluding carboxylic acids is 2. The van der Waals surface area contributed by atoms with Crippen LogP contribution in [0.2, 0.25) is 0 Å². The summed E-state index contributed by atoms with van der Waals surface area (Å²) in [7, 11) is 1.34. The van der Waals surface area contributed by atoms with Gasteiger partial charge < -0.3 is 14.8 Å². The van der Waals surface area contributed by atoms with Gasteiger partial charge in [0, 0.05) is 31.1 Å². The highest BCUT2D eigenvalue weighted by molar-refractivity contribution is 8.00. The van der Waals surface area contributed by atoms with Crippen molar-refractivity contribution in [1.29, 1.82) is 0 Å². The van der Waals surface area contributed by atoms with Gasteiger partial charge in [-0.15, -0.1) is 11.8 Å². The van der Waals surface area contributed by atoms with E-state index in [1.165, 1.54) is 24.9 Å². The Morgan fingerprint density at radius 1 is 1.35 bits per heavy atom. The number of benzene rings is 1. The number of morpholine rings is 1. The molecule has 1 N–H and O–H groups in total. The van der Waals surface area contributed by atoms with E-state index < -0.39 is 0 Å². The Labute approximate surface area is 190 Å². The molecule has 1 heterocycles. The minimum Gasteiger partial charge on any atom is -0.465 e. The topological polar surface area (TPSA) is 67.9 Å². The maximum Gasteiger partial charge on any atom is 0.337 e. The van der Waals surface area contributed by atoms with Crippen LogP contribution < -0.4 is 5.32 Å². The van der Waals surface area contributed by atoms with Crippen LogP contribution in [0.25, 0.3) is 0 Å². The van der Waals surface area contributed by atoms with Crippen molar-refractivity contribution in [2.24, 2.45) is 5.92 Å². The molecule has 1 aromatic carbocycles. The molecule has 1 amide bonds. The molecule has 1 aliphatic heterocycles. The number of nitrogens with zero attached hydrogens (tertiary/aromatic N) is 1. The summed E-state index contributed by atoms with van der Waals surface area (Å²) in [5.74, 6) is -0.357. The van der Waals surface area contributed by atoms with Crippen LogP contribution in [0.15, 0.2) is 52.2 Å². The Hall–Kier alpha value is -1.87. The van der Waals surface area contributed by atoms with Gasteiger partial charge in [0.05, 0.1) is 36.2 Å². The number of nitrogens with one attached hydrogen (secondary N) is 1. The fourth-order valence-electron chi connectivity index (χ4n) is 3.47. The van der Waals surface area contributed by atoms with Crippen molar-refractivity contribution >= 4 is 35.2 Å². The summed E-state index contributed by atoms with van der Waals surface area (Å²) in [6.07, 6.45) is 3.86. The SMILES string of the molecule is COC(=O)c1ccc(SCC(=O)NC[C@H]2CN(CC3C=C(Cl)C(F)=CC3)CCO2)cc1. The lowest BCUT2D eigenvalue weighted by atomic mass is 9.99. The van der Waals surface area contributed by atoms with E-state index in [1.54, 1.807) is 30.3 Å². The lowest BCUT2D eigenvalue weighted by Gasteiger charge is -2.35. The number of hydrogen-bond donors (Lipinski definition) is 1. The first-order valence-electron chi connectivity index (χ1n) is 10.1. The molecule has 2 atom stereocenters. The largest absolute Gasteiger partial charge is 0.465 e. The maximum atomic E-state index is 13.4. The van der Waals surface area contributed by atoms with Crippen molar-refractivity contribution in [3.8, 4) is 0 Å². The van der Waals surface area contributed by atoms with Crippen molar-refractivity contribution in [2.75, 3.05) is 45.6 Å². The Morgan fingerprint density at radius 3 is 2.84 bits per heavy atom. The molecule has 3 rings (SSSR count). The number of carbonyl (C=O) groups is 2. The van der Waals surface area contributed by atoms with Gasteiger partial charge in [0.1, 0.15) is 5.83 Å². The van der Waals surface area contributed by atoms with E-state index >= 15 is 0 Å². The van der Waals surface area contributed by atoms with E-state index in [-0.39, 0.29) is 40.5 Å². The number of halogens is 2. The van der Waals surface area contributed by atoms with Crippen molar-refractivity contribution in [2.45, 2.75) is 17.4 Å². The normalized spacial score (nSPS) is 21.8. The molecule has 2 aliphatic rings. The summed E-state index contributed by atoms with van der Waals surface area (Å²) in [4.78, 5) is 26.8. The fraction of sp³-hybridized carbons (Fsp3) is 0.455. The van der Waals surface area contributed by atoms with Crippen molar-refractivity contribution < 1.29 is 23.5 Å². The van der Waals surface area contributed by atoms with Gasteiger partial charge in [0.25, 0.3) is 0 Å². The Morgan fingerprint density at radius 2 is 2.13 bits per heavy atom. The second-order valence-corrected chi connectivity index (χ2v) is 8.88. The summed E-state index contributed by atoms with van der Waals surface area (Å²) >= 11 is 7.30. The van der Waals surface area contributed by atoms with Gasteiger partial charge in [-0.25, -0.2) is 9.18 Å². The van der Waals surface area contributed by atoms with E-state index in [4.69, 9.17) is 16.3 Å². The molecule has 1 unspecified atom stereocenters. The number of methoxy groups -OCH3 is 1. The van der Waals surface area contributed by atoms with Crippen LogP contribution in [0.3, 0.4) is 0 Å². The highest BCUT2D eigenvalue weighted by Crippen LogP contribution is 2.27. The highest BCUT2D eigenvalue weighted by Gasteiger charge is 2.24. The second kappa shape index (κ2) is 11.7. The number of rotatable bonds is 8. The molecule has 0 radical (unpaired) electrons. The zero-order chi connectivity index (χ0) is 22.2. The minimum absolute atomic E-state index is 0.0784. The molecule has 1 saturated heterocycles. The molecule has 0 saturated carbocycles. The van der Waals surface area contributed by atoms with Crippen LogP contribution in [-0.4, -0.2) is 68.5 Å². The monoisotopic (exact) mass is 468 g/mol. The van der Waals surface area contributed by atoms with Gasteiger partial charge in [-0.2, -0.15) is 0 Å². The molecule has 0 bridgehead atoms. The lowest BCUT2D eigenvalue weighted by molar-refractivity contribution is -0.119. The van der Waals surface area contributed by atoms with Crippen molar-refractivity contribution in [3.05, 3.63) is 52.8 Å². The van der Waals surface area contributed by atoms with Gasteiger partial charge in [-0.3, -0.25) is 9.69 Å². The fourth-order valence-corrected chi connectivity index (χ4v) is 4.45. The summed E-state index contributed by atoms with van der Waals surface area (Å²) in [6.45, 7) is 3.32. The van der Waals surface area contributed by atoms with E-state index in [9.17, 15) is 14.0 Å². The summed E-state index contributed by atoms with van der Waals surface area (Å²) in [5, 5.41) is 3.11. The van der Waals surface area contributed by atoms with Crippen LogP contribution in [-0.2, 0) is 14.3 Å². The maximum absolute atomic E-state index is 13.4. The van der Waals surface area contributed by atoms with Crippen molar-refractivity contribution in [1.82, 2.24) is 10.2 Å². The molecule has 9 heteroatoms. The molecule has 1 aromatic rings. The zero-order valence-electron chi connectivity index (χ0n) is 17.3. The minimum atomic E-state index is -0.387.